The van der Waals surface area contributed by atoms with Crippen molar-refractivity contribution in [3.05, 3.63) is 156 Å². The molecule has 57 heavy (non-hydrogen) atoms. The molecule has 6 aromatic rings. The lowest BCUT2D eigenvalue weighted by molar-refractivity contribution is 0.0717. The molecule has 0 aromatic heterocycles. The first-order valence-corrected chi connectivity index (χ1v) is 17.6. The zero-order chi connectivity index (χ0) is 39.9. The summed E-state index contributed by atoms with van der Waals surface area (Å²) in [5, 5.41) is 0. The molecule has 7 rings (SSSR count). The van der Waals surface area contributed by atoms with E-state index in [1.807, 2.05) is 6.92 Å². The Bertz CT molecular complexity index is 2420. The van der Waals surface area contributed by atoms with Gasteiger partial charge in [-0.1, -0.05) is 12.1 Å². The zero-order valence-electron chi connectivity index (χ0n) is 30.9. The molecule has 6 aromatic carbocycles. The van der Waals surface area contributed by atoms with Gasteiger partial charge in [-0.05, 0) is 128 Å². The van der Waals surface area contributed by atoms with Crippen LogP contribution >= 0.6 is 0 Å². The van der Waals surface area contributed by atoms with Gasteiger partial charge in [-0.2, -0.15) is 0 Å². The van der Waals surface area contributed by atoms with Crippen LogP contribution < -0.4 is 37.9 Å². The van der Waals surface area contributed by atoms with E-state index < -0.39 is 23.9 Å². The molecule has 1 atom stereocenters. The van der Waals surface area contributed by atoms with Crippen molar-refractivity contribution in [2.45, 2.75) is 13.0 Å². The Morgan fingerprint density at radius 3 is 1.21 bits per heavy atom. The minimum absolute atomic E-state index is 0.109. The number of carbonyl (C=O) groups excluding carboxylic acids is 4. The fourth-order valence-electron chi connectivity index (χ4n) is 5.78. The van der Waals surface area contributed by atoms with Crippen LogP contribution in [0.15, 0.2) is 133 Å². The van der Waals surface area contributed by atoms with Gasteiger partial charge in [0.05, 0.1) is 47.6 Å². The highest BCUT2D eigenvalue weighted by Gasteiger charge is 2.28. The Morgan fingerprint density at radius 1 is 0.456 bits per heavy atom. The molecule has 12 heteroatoms. The number of benzene rings is 6. The molecule has 286 valence electrons. The van der Waals surface area contributed by atoms with Crippen molar-refractivity contribution in [1.29, 1.82) is 0 Å². The molecule has 0 bridgehead atoms. The van der Waals surface area contributed by atoms with Crippen molar-refractivity contribution < 1.29 is 57.1 Å². The van der Waals surface area contributed by atoms with Crippen molar-refractivity contribution in [1.82, 2.24) is 0 Å². The van der Waals surface area contributed by atoms with Crippen LogP contribution in [0.5, 0.6) is 46.0 Å². The number of fused-ring (bicyclic) bond motifs is 3. The first-order chi connectivity index (χ1) is 27.7. The third-order valence-electron chi connectivity index (χ3n) is 8.69. The molecule has 1 aliphatic heterocycles. The van der Waals surface area contributed by atoms with E-state index in [1.54, 1.807) is 84.9 Å². The smallest absolute Gasteiger partial charge is 0.343 e. The number of methoxy groups -OCH3 is 2. The van der Waals surface area contributed by atoms with Gasteiger partial charge in [-0.15, -0.1) is 0 Å². The average molecular weight is 767 g/mol. The Morgan fingerprint density at radius 2 is 0.807 bits per heavy atom. The summed E-state index contributed by atoms with van der Waals surface area (Å²) >= 11 is 0. The van der Waals surface area contributed by atoms with Gasteiger partial charge >= 0.3 is 23.9 Å². The maximum Gasteiger partial charge on any atom is 0.343 e. The fraction of sp³-hybridized carbons (Fsp3) is 0.111. The fourth-order valence-corrected chi connectivity index (χ4v) is 5.78. The van der Waals surface area contributed by atoms with Gasteiger partial charge in [0.1, 0.15) is 58.7 Å². The predicted octanol–water partition coefficient (Wildman–Crippen LogP) is 8.41. The third-order valence-corrected chi connectivity index (χ3v) is 8.69. The first-order valence-electron chi connectivity index (χ1n) is 17.6. The van der Waals surface area contributed by atoms with Crippen molar-refractivity contribution in [3.63, 3.8) is 0 Å². The van der Waals surface area contributed by atoms with E-state index in [4.69, 9.17) is 37.9 Å². The number of ether oxygens (including phenoxy) is 8. The van der Waals surface area contributed by atoms with Crippen molar-refractivity contribution in [3.8, 4) is 57.1 Å². The number of rotatable bonds is 10. The molecule has 0 unspecified atom stereocenters. The van der Waals surface area contributed by atoms with Gasteiger partial charge in [-0.25, -0.2) is 19.2 Å². The highest BCUT2D eigenvalue weighted by molar-refractivity contribution is 5.97. The van der Waals surface area contributed by atoms with E-state index in [0.717, 1.165) is 0 Å². The van der Waals surface area contributed by atoms with Crippen LogP contribution in [-0.2, 0) is 0 Å². The molecule has 0 spiro atoms. The van der Waals surface area contributed by atoms with Gasteiger partial charge in [0.2, 0.25) is 0 Å². The van der Waals surface area contributed by atoms with Crippen LogP contribution in [0.2, 0.25) is 0 Å². The lowest BCUT2D eigenvalue weighted by atomic mass is 10.00. The summed E-state index contributed by atoms with van der Waals surface area (Å²) in [6.07, 6.45) is -0.389. The minimum atomic E-state index is -0.712. The molecule has 0 radical (unpaired) electrons. The quantitative estimate of drug-likeness (QED) is 0.0976. The molecule has 1 heterocycles. The van der Waals surface area contributed by atoms with E-state index in [-0.39, 0.29) is 46.8 Å². The molecule has 0 saturated carbocycles. The van der Waals surface area contributed by atoms with E-state index >= 15 is 0 Å². The topological polar surface area (TPSA) is 142 Å². The molecule has 0 saturated heterocycles. The molecule has 0 fully saturated rings. The summed E-state index contributed by atoms with van der Waals surface area (Å²) in [5.41, 5.74) is 1.64. The number of hydrogen-bond acceptors (Lipinski definition) is 12. The SMILES string of the molecule is COc1ccc(C(=O)Oc2ccc(C(=O)Oc3cccc4c3-c3c(OC(=O)c5ccc(OC(=O)c6ccc(OC)cc6)cc5)cccc3O[C@@H](C)CO4)cc2)cc1. The van der Waals surface area contributed by atoms with Crippen LogP contribution in [0.3, 0.4) is 0 Å². The van der Waals surface area contributed by atoms with Gasteiger partial charge in [0.15, 0.2) is 0 Å². The van der Waals surface area contributed by atoms with Crippen LogP contribution in [0.25, 0.3) is 11.1 Å². The second kappa shape index (κ2) is 16.8. The largest absolute Gasteiger partial charge is 0.497 e. The van der Waals surface area contributed by atoms with Crippen LogP contribution in [0.1, 0.15) is 48.4 Å². The third kappa shape index (κ3) is 8.71. The molecule has 0 N–H and O–H groups in total. The van der Waals surface area contributed by atoms with E-state index in [1.165, 1.54) is 62.8 Å². The summed E-state index contributed by atoms with van der Waals surface area (Å²) < 4.78 is 45.4. The minimum Gasteiger partial charge on any atom is -0.497 e. The molecule has 0 amide bonds. The van der Waals surface area contributed by atoms with E-state index in [2.05, 4.69) is 0 Å². The Balaban J connectivity index is 1.10. The van der Waals surface area contributed by atoms with Gasteiger partial charge < -0.3 is 37.9 Å². The maximum absolute atomic E-state index is 13.6. The van der Waals surface area contributed by atoms with Gasteiger partial charge in [-0.3, -0.25) is 0 Å². The van der Waals surface area contributed by atoms with Crippen molar-refractivity contribution >= 4 is 23.9 Å². The second-order valence-electron chi connectivity index (χ2n) is 12.6. The summed E-state index contributed by atoms with van der Waals surface area (Å²) in [6, 6.07) is 34.7. The maximum atomic E-state index is 13.6. The number of esters is 4. The van der Waals surface area contributed by atoms with Crippen molar-refractivity contribution in [2.75, 3.05) is 20.8 Å². The molecule has 0 aliphatic carbocycles. The predicted molar refractivity (Wildman–Crippen MR) is 206 cm³/mol. The van der Waals surface area contributed by atoms with E-state index in [9.17, 15) is 19.2 Å². The normalized spacial score (nSPS) is 12.8. The van der Waals surface area contributed by atoms with E-state index in [0.29, 0.717) is 45.3 Å². The second-order valence-corrected chi connectivity index (χ2v) is 12.6. The summed E-state index contributed by atoms with van der Waals surface area (Å²) in [4.78, 5) is 52.4. The summed E-state index contributed by atoms with van der Waals surface area (Å²) in [6.45, 7) is 2.01. The van der Waals surface area contributed by atoms with Gasteiger partial charge in [0, 0.05) is 0 Å². The van der Waals surface area contributed by atoms with Crippen LogP contribution in [0, 0.1) is 0 Å². The zero-order valence-corrected chi connectivity index (χ0v) is 30.9. The van der Waals surface area contributed by atoms with Crippen LogP contribution in [-0.4, -0.2) is 50.8 Å². The molecular weight excluding hydrogens is 732 g/mol. The van der Waals surface area contributed by atoms with Gasteiger partial charge in [0.25, 0.3) is 0 Å². The standard InChI is InChI=1S/C45H34O12/c1-27-26-52-36-6-4-8-38(56-44(48)30-14-22-34(23-15-30)54-42(46)28-10-18-32(50-2)19-11-28)40(36)41-37(53-27)7-5-9-39(41)57-45(49)31-16-24-35(25-17-31)55-43(47)29-12-20-33(51-3)21-13-29/h4-25,27H,26H2,1-3H3/t27-/m0/s1. The lowest BCUT2D eigenvalue weighted by Gasteiger charge is -2.26. The summed E-state index contributed by atoms with van der Waals surface area (Å²) in [5.74, 6) is 0.0203. The molecular formula is C45H34O12. The summed E-state index contributed by atoms with van der Waals surface area (Å²) in [7, 11) is 3.06. The highest BCUT2D eigenvalue weighted by Crippen LogP contribution is 2.49. The monoisotopic (exact) mass is 766 g/mol. The first kappa shape index (κ1) is 37.7. The average Bonchev–Trinajstić information content (AvgIpc) is 3.23. The van der Waals surface area contributed by atoms with Crippen LogP contribution in [0.4, 0.5) is 0 Å². The Hall–Kier alpha value is -7.60. The Kier molecular flexibility index (Phi) is 11.1. The number of hydrogen-bond donors (Lipinski definition) is 0. The lowest BCUT2D eigenvalue weighted by Crippen LogP contribution is -2.23. The highest BCUT2D eigenvalue weighted by atomic mass is 16.6. The molecule has 1 aliphatic rings. The van der Waals surface area contributed by atoms with Crippen molar-refractivity contribution in [2.24, 2.45) is 0 Å². The molecule has 12 nitrogen and oxygen atoms in total. The number of carbonyl (C=O) groups is 4. The Labute approximate surface area is 327 Å².